The van der Waals surface area contributed by atoms with Gasteiger partial charge in [0.1, 0.15) is 33.7 Å². The van der Waals surface area contributed by atoms with E-state index in [2.05, 4.69) is 331 Å². The van der Waals surface area contributed by atoms with Gasteiger partial charge in [0.05, 0.1) is 101 Å². The van der Waals surface area contributed by atoms with Gasteiger partial charge in [-0.15, -0.1) is 18.9 Å². The number of benzene rings is 1. The van der Waals surface area contributed by atoms with Crippen LogP contribution < -0.4 is 56.0 Å². The molecule has 21 rings (SSSR count). The van der Waals surface area contributed by atoms with Crippen LogP contribution in [0.1, 0.15) is 141 Å². The number of aromatic amines is 1. The summed E-state index contributed by atoms with van der Waals surface area (Å²) < 4.78 is 38.7. The van der Waals surface area contributed by atoms with Crippen molar-refractivity contribution in [3.8, 4) is 0 Å². The Bertz CT molecular complexity index is 5380. The third-order valence-corrected chi connectivity index (χ3v) is 22.4. The number of nitrogens with zero attached hydrogens (tertiary/aromatic N) is 22. The average molecular weight is 2350 g/mol. The van der Waals surface area contributed by atoms with Crippen molar-refractivity contribution in [2.75, 3.05) is 26.5 Å². The number of rotatable bonds is 12. The smallest absolute Gasteiger partial charge is 0.0949 e. The molecule has 34 heteroatoms. The first-order valence-electron chi connectivity index (χ1n) is 42.7. The van der Waals surface area contributed by atoms with Crippen LogP contribution in [0.5, 0.6) is 0 Å². The maximum atomic E-state index is 9.22. The fraction of sp³-hybridized carbons (Fsp3) is 0.313. The number of allylic oxidation sites excluding steroid dienone is 1. The van der Waals surface area contributed by atoms with E-state index in [4.69, 9.17) is 29.0 Å². The summed E-state index contributed by atoms with van der Waals surface area (Å²) in [6, 6.07) is 56.1. The first kappa shape index (κ1) is 113. The second-order valence-corrected chi connectivity index (χ2v) is 32.2. The van der Waals surface area contributed by atoms with Crippen LogP contribution in [0.3, 0.4) is 0 Å². The summed E-state index contributed by atoms with van der Waals surface area (Å²) in [5.41, 5.74) is 17.7. The van der Waals surface area contributed by atoms with Gasteiger partial charge in [0.25, 0.3) is 0 Å². The van der Waals surface area contributed by atoms with Gasteiger partial charge < -0.3 is 54.6 Å². The van der Waals surface area contributed by atoms with E-state index in [0.717, 1.165) is 169 Å². The Kier molecular flexibility index (Phi) is 51.6. The van der Waals surface area contributed by atoms with E-state index in [1.807, 2.05) is 84.8 Å². The zero-order valence-electron chi connectivity index (χ0n) is 75.5. The van der Waals surface area contributed by atoms with Gasteiger partial charge in [0.15, 0.2) is 12.4 Å². The number of H-pyrrole nitrogens is 1. The monoisotopic (exact) mass is 2340 g/mol. The molecule has 0 aliphatic carbocycles. The summed E-state index contributed by atoms with van der Waals surface area (Å²) in [5.74, 6) is 0.677. The number of pyridine rings is 7. The Labute approximate surface area is 911 Å². The molecular formula is C99H122Ag4Br2KN23O3S-. The van der Waals surface area contributed by atoms with E-state index in [0.29, 0.717) is 25.6 Å². The molecule has 9 aliphatic rings. The molecule has 12 aromatic rings. The zero-order valence-corrected chi connectivity index (χ0v) is 86.6. The Balaban J connectivity index is 0.000000332. The molecule has 11 aromatic heterocycles. The fourth-order valence-electron chi connectivity index (χ4n) is 15.9. The van der Waals surface area contributed by atoms with Crippen molar-refractivity contribution >= 4 is 49.6 Å². The number of aryl methyl sites for hydroxylation is 1. The number of imidazole rings is 4. The minimum Gasteiger partial charge on any atom is -0.351 e. The van der Waals surface area contributed by atoms with Gasteiger partial charge in [-0.25, -0.2) is 34.7 Å². The van der Waals surface area contributed by atoms with Gasteiger partial charge in [-0.2, -0.15) is 19.4 Å². The van der Waals surface area contributed by atoms with Crippen molar-refractivity contribution in [1.29, 1.82) is 1.12 Å². The number of fused-ring (bicyclic) bond motifs is 12. The summed E-state index contributed by atoms with van der Waals surface area (Å²) >= 11 is 7.02. The van der Waals surface area contributed by atoms with Crippen LogP contribution in [-0.2, 0) is 203 Å². The number of thiol groups is 1. The van der Waals surface area contributed by atoms with Gasteiger partial charge >= 0.3 is 98.1 Å². The van der Waals surface area contributed by atoms with Crippen LogP contribution >= 0.6 is 31.9 Å². The molecule has 0 amide bonds. The standard InChI is InChI=1S/C44H42N10.C22H25N5.C13H13N5.C7H7Br2N.C4H8O.C3H4N2.C2H6.CH4OS.3CH4.4Ag.K.O.H/c1-5-32-21-33(6-1)25-48-15-16-49(30-48)26-37-9-2-7-35(45-37)23-34-13-14-53-42(22-32)44-52-19-20-54(44)41(43(34)53)24-36-8-3-10-38(46-36)27-50-17-18-51(31-50)28-39-11-4-12-40(29-52)47-39;1-18-5-3-7-21(23-18)15-26-11-12-27(17-26)16-22-8-4-6-20(24-22)13-19-9-10-25(2)14-19;1-2-12(8-17-6-4-14-10-17)16-13(3-1)9-18-7-5-15-11-18;8-4-6-2-1-3-7(5-9)10-6;1-2-4-5-3-1;1-2-5-3-4-1;1-2;1-3-2;;;;;;;;;;/h1-21,30-31,34,43-44H,22-29H2;3-12,14,17,19H,13,15-16H2,1-2H3;1-7,10-11H,8-9H2;1-3H,4-5H2;1-4H2;1-3H,(H,4,5);1-2H3;3H,1H3;3*1H4;;;;;;;/q-4;+2;;;;;;;;;;;;;2*+1;;-1/i;;;;;;;3D;;;;;;;;;;. The van der Waals surface area contributed by atoms with E-state index in [9.17, 15) is 4.21 Å². The molecule has 5 atom stereocenters. The quantitative estimate of drug-likeness (QED) is 0.0380. The van der Waals surface area contributed by atoms with Crippen molar-refractivity contribution in [3.63, 3.8) is 0 Å². The molecule has 20 bridgehead atoms. The molecule has 26 nitrogen and oxygen atoms in total. The van der Waals surface area contributed by atoms with Crippen molar-refractivity contribution in [3.05, 3.63) is 405 Å². The van der Waals surface area contributed by atoms with Crippen molar-refractivity contribution in [1.82, 2.24) is 103 Å². The molecule has 20 heterocycles. The number of ether oxygens (including phenoxy) is 1. The Morgan fingerprint density at radius 2 is 1.07 bits per heavy atom. The molecule has 1 aromatic carbocycles. The SMILES string of the molecule is BrCc1cccc(CBr)n1.C.C.C.C1=CN2[C-]3Cc4cccc(c4)CN4C=CN([CH-]4)Cc4cccc(n4)CC1C2[C-]1Cc2cccc(n2)CN2C=CN([CH-]2)Cc2cccc(n2)CN2C=CN1C32.C1CCOC1.CC.Cc1cccc(C[n+]2ccn(Cc3cccc(CC4C=C[N+](C)=C4)n3)c2)n1.[2H]S(C)=O.[Ag+].[Ag].[Ag].[H-].[K+].[O]=[Ag].c1c[nH]cn1.c1cc(Cn2ccnc2)nc(Cn2ccnc2)c1. The summed E-state index contributed by atoms with van der Waals surface area (Å²) in [6.07, 6.45) is 54.2. The molecular weight excluding hydrogens is 2220 g/mol. The molecule has 0 spiro atoms. The van der Waals surface area contributed by atoms with E-state index >= 15 is 0 Å². The predicted molar refractivity (Wildman–Crippen MR) is 513 cm³/mol. The number of aromatic nitrogens is 15. The van der Waals surface area contributed by atoms with Crippen molar-refractivity contribution in [2.45, 2.75) is 163 Å². The second kappa shape index (κ2) is 61.0. The molecule has 717 valence electrons. The fourth-order valence-corrected chi connectivity index (χ4v) is 16.5. The Hall–Kier alpha value is -7.45. The molecule has 9 aliphatic heterocycles. The minimum atomic E-state index is -1.36. The summed E-state index contributed by atoms with van der Waals surface area (Å²) in [7, 11) is 2.06. The number of alkyl halides is 2. The molecule has 2 saturated heterocycles. The molecule has 0 saturated carbocycles. The second-order valence-electron chi connectivity index (χ2n) is 30.7. The van der Waals surface area contributed by atoms with E-state index < -0.39 is 11.6 Å². The third-order valence-electron chi connectivity index (χ3n) is 21.2. The van der Waals surface area contributed by atoms with Gasteiger partial charge in [-0.3, -0.25) is 39.1 Å². The topological polar surface area (TPSA) is 232 Å². The maximum Gasteiger partial charge on any atom is 0.0949 e. The molecule has 2 fully saturated rings. The van der Waals surface area contributed by atoms with Gasteiger partial charge in [0.2, 0.25) is 6.33 Å². The number of nitrogens with one attached hydrogen (secondary N) is 1. The van der Waals surface area contributed by atoms with Crippen LogP contribution in [0, 0.1) is 44.2 Å². The van der Waals surface area contributed by atoms with Crippen molar-refractivity contribution < 1.29 is 162 Å². The molecule has 1 N–H and O–H groups in total. The first-order valence-corrected chi connectivity index (χ1v) is 46.3. The normalized spacial score (nSPS) is 17.1. The van der Waals surface area contributed by atoms with E-state index in [1.54, 1.807) is 64.8 Å². The summed E-state index contributed by atoms with van der Waals surface area (Å²) in [6.45, 7) is 19.1. The molecule has 5 unspecified atom stereocenters. The van der Waals surface area contributed by atoms with Crippen molar-refractivity contribution in [2.24, 2.45) is 11.8 Å². The van der Waals surface area contributed by atoms with Gasteiger partial charge in [-0.05, 0) is 172 Å². The number of hydrogen-bond acceptors (Lipinski definition) is 20. The maximum absolute atomic E-state index is 9.22. The van der Waals surface area contributed by atoms with Crippen LogP contribution in [0.25, 0.3) is 0 Å². The average Bonchev–Trinajstić information content (AvgIpc) is 1.58. The predicted octanol–water partition coefficient (Wildman–Crippen LogP) is 13.4. The van der Waals surface area contributed by atoms with E-state index in [-0.39, 0.29) is 160 Å². The molecule has 2 radical (unpaired) electrons. The Morgan fingerprint density at radius 3 is 1.60 bits per heavy atom. The zero-order chi connectivity index (χ0) is 88.5. The van der Waals surface area contributed by atoms with Crippen LogP contribution in [0.2, 0.25) is 0 Å². The first-order chi connectivity index (χ1) is 62.3. The summed E-state index contributed by atoms with van der Waals surface area (Å²) in [4.78, 5) is 65.1. The molecule has 133 heavy (non-hydrogen) atoms. The van der Waals surface area contributed by atoms with E-state index in [1.165, 1.54) is 42.3 Å². The Morgan fingerprint density at radius 1 is 0.564 bits per heavy atom. The summed E-state index contributed by atoms with van der Waals surface area (Å²) in [5, 5.41) is 1.65. The number of hydrogen-bond donors (Lipinski definition) is 2. The largest absolute Gasteiger partial charge is 0.351 e. The number of halogens is 2. The third kappa shape index (κ3) is 35.2. The van der Waals surface area contributed by atoms with Gasteiger partial charge in [-0.1, -0.05) is 146 Å². The van der Waals surface area contributed by atoms with Crippen LogP contribution in [-0.4, -0.2) is 158 Å². The minimum absolute atomic E-state index is 0. The van der Waals surface area contributed by atoms with Crippen LogP contribution in [0.4, 0.5) is 0 Å². The number of piperazine rings is 1. The van der Waals surface area contributed by atoms with Gasteiger partial charge in [0, 0.05) is 185 Å². The van der Waals surface area contributed by atoms with Crippen LogP contribution in [0.15, 0.2) is 288 Å².